The van der Waals surface area contributed by atoms with Crippen molar-refractivity contribution in [3.63, 3.8) is 0 Å². The van der Waals surface area contributed by atoms with Crippen LogP contribution < -0.4 is 4.72 Å². The minimum absolute atomic E-state index is 0.206. The zero-order valence-corrected chi connectivity index (χ0v) is 16.7. The lowest BCUT2D eigenvalue weighted by molar-refractivity contribution is 0.601. The Balaban J connectivity index is 1.79. The molecular formula is C22H20N2O3S. The van der Waals surface area contributed by atoms with Crippen molar-refractivity contribution in [2.75, 3.05) is 4.72 Å². The number of benzene rings is 3. The fourth-order valence-electron chi connectivity index (χ4n) is 2.99. The summed E-state index contributed by atoms with van der Waals surface area (Å²) in [4.78, 5) is 4.75. The molecule has 1 aromatic heterocycles. The molecule has 28 heavy (non-hydrogen) atoms. The van der Waals surface area contributed by atoms with Gasteiger partial charge in [0.2, 0.25) is 5.89 Å². The summed E-state index contributed by atoms with van der Waals surface area (Å²) in [5, 5.41) is 0. The molecule has 3 aromatic carbocycles. The zero-order chi connectivity index (χ0) is 19.9. The molecule has 0 atom stereocenters. The van der Waals surface area contributed by atoms with E-state index in [0.29, 0.717) is 22.7 Å². The van der Waals surface area contributed by atoms with E-state index in [9.17, 15) is 8.42 Å². The molecular weight excluding hydrogens is 372 g/mol. The van der Waals surface area contributed by atoms with Crippen molar-refractivity contribution >= 4 is 26.8 Å². The third kappa shape index (κ3) is 3.51. The van der Waals surface area contributed by atoms with Crippen LogP contribution in [0.3, 0.4) is 0 Å². The molecule has 0 saturated heterocycles. The number of hydrogen-bond acceptors (Lipinski definition) is 4. The fraction of sp³-hybridized carbons (Fsp3) is 0.136. The Morgan fingerprint density at radius 3 is 2.21 bits per heavy atom. The maximum absolute atomic E-state index is 12.8. The van der Waals surface area contributed by atoms with Crippen LogP contribution in [0.25, 0.3) is 22.6 Å². The Kier molecular flexibility index (Phi) is 4.43. The molecule has 142 valence electrons. The topological polar surface area (TPSA) is 72.2 Å². The Labute approximate surface area is 164 Å². The van der Waals surface area contributed by atoms with E-state index in [1.807, 2.05) is 51.1 Å². The molecule has 1 N–H and O–H groups in total. The normalized spacial score (nSPS) is 11.7. The van der Waals surface area contributed by atoms with E-state index in [1.54, 1.807) is 30.3 Å². The van der Waals surface area contributed by atoms with E-state index in [1.165, 1.54) is 0 Å². The van der Waals surface area contributed by atoms with Gasteiger partial charge in [0.15, 0.2) is 5.58 Å². The first-order valence-corrected chi connectivity index (χ1v) is 10.4. The smallest absolute Gasteiger partial charge is 0.261 e. The fourth-order valence-corrected chi connectivity index (χ4v) is 4.07. The molecule has 0 fully saturated rings. The number of aromatic nitrogens is 1. The van der Waals surface area contributed by atoms with Crippen LogP contribution in [0.1, 0.15) is 16.7 Å². The summed E-state index contributed by atoms with van der Waals surface area (Å²) in [7, 11) is -3.73. The highest BCUT2D eigenvalue weighted by Gasteiger charge is 2.19. The molecule has 0 unspecified atom stereocenters. The minimum atomic E-state index is -3.73. The van der Waals surface area contributed by atoms with Crippen LogP contribution in [0.2, 0.25) is 0 Å². The molecule has 0 bridgehead atoms. The summed E-state index contributed by atoms with van der Waals surface area (Å²) in [6.45, 7) is 5.83. The molecule has 4 aromatic rings. The number of nitrogens with one attached hydrogen (secondary N) is 1. The number of hydrogen-bond donors (Lipinski definition) is 1. The predicted molar refractivity (Wildman–Crippen MR) is 111 cm³/mol. The van der Waals surface area contributed by atoms with Crippen LogP contribution in [-0.4, -0.2) is 13.4 Å². The highest BCUT2D eigenvalue weighted by atomic mass is 32.2. The first-order chi connectivity index (χ1) is 13.3. The van der Waals surface area contributed by atoms with Gasteiger partial charge < -0.3 is 4.42 Å². The molecule has 5 nitrogen and oxygen atoms in total. The third-order valence-electron chi connectivity index (χ3n) is 4.53. The van der Waals surface area contributed by atoms with Crippen molar-refractivity contribution in [2.45, 2.75) is 25.7 Å². The van der Waals surface area contributed by atoms with Gasteiger partial charge in [-0.15, -0.1) is 0 Å². The average molecular weight is 392 g/mol. The monoisotopic (exact) mass is 392 g/mol. The van der Waals surface area contributed by atoms with E-state index >= 15 is 0 Å². The number of oxazole rings is 1. The van der Waals surface area contributed by atoms with Gasteiger partial charge in [0.1, 0.15) is 5.52 Å². The number of rotatable bonds is 4. The van der Waals surface area contributed by atoms with Gasteiger partial charge in [-0.25, -0.2) is 13.4 Å². The second kappa shape index (κ2) is 6.80. The standard InChI is InChI=1S/C22H20N2O3S/c1-14-4-8-17(9-5-14)28(25,26)24-19-10-6-15(2)12-18(19)22-23-20-11-7-16(3)13-21(20)27-22/h4-13,24H,1-3H3. The summed E-state index contributed by atoms with van der Waals surface area (Å²) in [5.41, 5.74) is 5.47. The van der Waals surface area contributed by atoms with Gasteiger partial charge in [0.25, 0.3) is 10.0 Å². The number of anilines is 1. The number of aryl methyl sites for hydroxylation is 3. The summed E-state index contributed by atoms with van der Waals surface area (Å²) < 4.78 is 34.3. The van der Waals surface area contributed by atoms with Crippen LogP contribution >= 0.6 is 0 Å². The van der Waals surface area contributed by atoms with Gasteiger partial charge in [0, 0.05) is 0 Å². The maximum atomic E-state index is 12.8. The van der Waals surface area contributed by atoms with E-state index in [-0.39, 0.29) is 4.90 Å². The zero-order valence-electron chi connectivity index (χ0n) is 15.9. The SMILES string of the molecule is Cc1ccc(S(=O)(=O)Nc2ccc(C)cc2-c2nc3ccc(C)cc3o2)cc1. The van der Waals surface area contributed by atoms with Gasteiger partial charge in [-0.2, -0.15) is 0 Å². The summed E-state index contributed by atoms with van der Waals surface area (Å²) in [6, 6.07) is 17.9. The second-order valence-corrected chi connectivity index (χ2v) is 8.64. The highest BCUT2D eigenvalue weighted by Crippen LogP contribution is 2.32. The van der Waals surface area contributed by atoms with Gasteiger partial charge in [0.05, 0.1) is 16.1 Å². The van der Waals surface area contributed by atoms with E-state index in [0.717, 1.165) is 22.2 Å². The molecule has 4 rings (SSSR count). The van der Waals surface area contributed by atoms with Gasteiger partial charge in [-0.1, -0.05) is 35.4 Å². The van der Waals surface area contributed by atoms with Crippen LogP contribution in [0.4, 0.5) is 5.69 Å². The van der Waals surface area contributed by atoms with Crippen molar-refractivity contribution < 1.29 is 12.8 Å². The number of nitrogens with zero attached hydrogens (tertiary/aromatic N) is 1. The van der Waals surface area contributed by atoms with Crippen molar-refractivity contribution in [3.8, 4) is 11.5 Å². The molecule has 0 aliphatic rings. The third-order valence-corrected chi connectivity index (χ3v) is 5.91. The number of fused-ring (bicyclic) bond motifs is 1. The first kappa shape index (κ1) is 18.3. The van der Waals surface area contributed by atoms with Crippen molar-refractivity contribution in [1.82, 2.24) is 4.98 Å². The maximum Gasteiger partial charge on any atom is 0.261 e. The Morgan fingerprint density at radius 2 is 1.46 bits per heavy atom. The molecule has 0 aliphatic carbocycles. The molecule has 0 amide bonds. The minimum Gasteiger partial charge on any atom is -0.436 e. The van der Waals surface area contributed by atoms with Crippen molar-refractivity contribution in [2.24, 2.45) is 0 Å². The van der Waals surface area contributed by atoms with E-state index in [2.05, 4.69) is 9.71 Å². The second-order valence-electron chi connectivity index (χ2n) is 6.96. The summed E-state index contributed by atoms with van der Waals surface area (Å²) in [6.07, 6.45) is 0. The van der Waals surface area contributed by atoms with Gasteiger partial charge in [-0.3, -0.25) is 4.72 Å². The average Bonchev–Trinajstić information content (AvgIpc) is 3.06. The lowest BCUT2D eigenvalue weighted by Crippen LogP contribution is -2.13. The Hall–Kier alpha value is -3.12. The lowest BCUT2D eigenvalue weighted by Gasteiger charge is -2.12. The molecule has 0 spiro atoms. The molecule has 1 heterocycles. The van der Waals surface area contributed by atoms with Gasteiger partial charge in [-0.05, 0) is 62.7 Å². The van der Waals surface area contributed by atoms with Crippen LogP contribution in [0.5, 0.6) is 0 Å². The van der Waals surface area contributed by atoms with Gasteiger partial charge >= 0.3 is 0 Å². The Bertz CT molecular complexity index is 1270. The number of sulfonamides is 1. The molecule has 0 aliphatic heterocycles. The first-order valence-electron chi connectivity index (χ1n) is 8.89. The highest BCUT2D eigenvalue weighted by molar-refractivity contribution is 7.92. The summed E-state index contributed by atoms with van der Waals surface area (Å²) in [5.74, 6) is 0.380. The Morgan fingerprint density at radius 1 is 0.821 bits per heavy atom. The van der Waals surface area contributed by atoms with Crippen molar-refractivity contribution in [3.05, 3.63) is 77.4 Å². The summed E-state index contributed by atoms with van der Waals surface area (Å²) >= 11 is 0. The van der Waals surface area contributed by atoms with Crippen molar-refractivity contribution in [1.29, 1.82) is 0 Å². The van der Waals surface area contributed by atoms with Crippen LogP contribution in [0, 0.1) is 20.8 Å². The van der Waals surface area contributed by atoms with E-state index < -0.39 is 10.0 Å². The largest absolute Gasteiger partial charge is 0.436 e. The molecule has 0 radical (unpaired) electrons. The van der Waals surface area contributed by atoms with Crippen LogP contribution in [0.15, 0.2) is 70.0 Å². The van der Waals surface area contributed by atoms with E-state index in [4.69, 9.17) is 4.42 Å². The molecule has 0 saturated carbocycles. The van der Waals surface area contributed by atoms with Crippen LogP contribution in [-0.2, 0) is 10.0 Å². The molecule has 6 heteroatoms. The quantitative estimate of drug-likeness (QED) is 0.517. The predicted octanol–water partition coefficient (Wildman–Crippen LogP) is 5.22. The lowest BCUT2D eigenvalue weighted by atomic mass is 10.1.